The first-order chi connectivity index (χ1) is 16.1. The molecule has 0 spiro atoms. The third-order valence-corrected chi connectivity index (χ3v) is 6.44. The van der Waals surface area contributed by atoms with Crippen molar-refractivity contribution >= 4 is 35.2 Å². The van der Waals surface area contributed by atoms with Crippen molar-refractivity contribution in [1.82, 2.24) is 10.2 Å². The topological polar surface area (TPSA) is 49.4 Å². The molecule has 0 aliphatic rings. The second-order valence-electron chi connectivity index (χ2n) is 7.66. The average Bonchev–Trinajstić information content (AvgIpc) is 2.83. The fourth-order valence-electron chi connectivity index (χ4n) is 3.59. The van der Waals surface area contributed by atoms with Gasteiger partial charge in [-0.3, -0.25) is 9.59 Å². The molecule has 4 nitrogen and oxygen atoms in total. The Balaban J connectivity index is 1.82. The lowest BCUT2D eigenvalue weighted by molar-refractivity contribution is -0.140. The van der Waals surface area contributed by atoms with Crippen LogP contribution >= 0.6 is 23.4 Å². The van der Waals surface area contributed by atoms with Gasteiger partial charge in [0.2, 0.25) is 11.8 Å². The number of likely N-dealkylation sites (N-methyl/N-ethyl adjacent to an activating group) is 1. The van der Waals surface area contributed by atoms with Crippen LogP contribution in [0.15, 0.2) is 89.8 Å². The van der Waals surface area contributed by atoms with E-state index < -0.39 is 6.04 Å². The monoisotopic (exact) mass is 480 g/mol. The number of hydrogen-bond donors (Lipinski definition) is 1. The molecule has 1 atom stereocenters. The molecule has 3 aromatic carbocycles. The molecule has 33 heavy (non-hydrogen) atoms. The normalized spacial score (nSPS) is 11.6. The Hall–Kier alpha value is -2.76. The summed E-state index contributed by atoms with van der Waals surface area (Å²) in [6, 6.07) is 26.7. The summed E-state index contributed by atoms with van der Waals surface area (Å²) in [6.45, 7) is 2.72. The summed E-state index contributed by atoms with van der Waals surface area (Å²) in [5.74, 6) is 0.445. The first-order valence-corrected chi connectivity index (χ1v) is 12.5. The van der Waals surface area contributed by atoms with Crippen LogP contribution in [0.3, 0.4) is 0 Å². The summed E-state index contributed by atoms with van der Waals surface area (Å²) in [5.41, 5.74) is 1.91. The number of nitrogens with one attached hydrogen (secondary N) is 1. The van der Waals surface area contributed by atoms with Gasteiger partial charge < -0.3 is 10.2 Å². The van der Waals surface area contributed by atoms with Crippen molar-refractivity contribution in [3.05, 3.63) is 101 Å². The zero-order valence-electron chi connectivity index (χ0n) is 18.7. The molecule has 0 bridgehead atoms. The molecule has 2 amide bonds. The van der Waals surface area contributed by atoms with E-state index in [1.54, 1.807) is 22.7 Å². The Morgan fingerprint density at radius 3 is 2.27 bits per heavy atom. The van der Waals surface area contributed by atoms with Crippen LogP contribution in [0.2, 0.25) is 5.02 Å². The van der Waals surface area contributed by atoms with Gasteiger partial charge in [0.1, 0.15) is 6.04 Å². The highest BCUT2D eigenvalue weighted by Crippen LogP contribution is 2.21. The number of thioether (sulfide) groups is 1. The summed E-state index contributed by atoms with van der Waals surface area (Å²) in [7, 11) is 0. The Kier molecular flexibility index (Phi) is 9.85. The van der Waals surface area contributed by atoms with Gasteiger partial charge >= 0.3 is 0 Å². The number of halogens is 1. The number of carbonyl (C=O) groups is 2. The summed E-state index contributed by atoms with van der Waals surface area (Å²) < 4.78 is 0. The average molecular weight is 481 g/mol. The summed E-state index contributed by atoms with van der Waals surface area (Å²) in [5, 5.41) is 3.52. The van der Waals surface area contributed by atoms with E-state index in [1.165, 1.54) is 0 Å². The molecule has 0 saturated heterocycles. The largest absolute Gasteiger partial charge is 0.355 e. The lowest BCUT2D eigenvalue weighted by atomic mass is 10.0. The highest BCUT2D eigenvalue weighted by molar-refractivity contribution is 7.99. The van der Waals surface area contributed by atoms with Crippen molar-refractivity contribution in [2.75, 3.05) is 12.3 Å². The van der Waals surface area contributed by atoms with E-state index in [0.29, 0.717) is 36.7 Å². The van der Waals surface area contributed by atoms with Gasteiger partial charge in [-0.05, 0) is 42.3 Å². The molecule has 0 unspecified atom stereocenters. The number of nitrogens with zero attached hydrogens (tertiary/aromatic N) is 1. The first kappa shape index (κ1) is 24.9. The fourth-order valence-corrected chi connectivity index (χ4v) is 4.67. The number of benzene rings is 3. The van der Waals surface area contributed by atoms with Crippen molar-refractivity contribution < 1.29 is 9.59 Å². The van der Waals surface area contributed by atoms with Gasteiger partial charge in [-0.1, -0.05) is 72.3 Å². The summed E-state index contributed by atoms with van der Waals surface area (Å²) >= 11 is 7.83. The van der Waals surface area contributed by atoms with Gasteiger partial charge in [0.05, 0.1) is 0 Å². The molecule has 0 saturated carbocycles. The lowest BCUT2D eigenvalue weighted by Gasteiger charge is -2.31. The molecular weight excluding hydrogens is 452 g/mol. The highest BCUT2D eigenvalue weighted by Gasteiger charge is 2.29. The molecule has 3 rings (SSSR count). The quantitative estimate of drug-likeness (QED) is 0.363. The molecule has 0 aromatic heterocycles. The smallest absolute Gasteiger partial charge is 0.243 e. The Morgan fingerprint density at radius 2 is 1.61 bits per heavy atom. The molecule has 1 N–H and O–H groups in total. The van der Waals surface area contributed by atoms with Crippen LogP contribution < -0.4 is 5.32 Å². The van der Waals surface area contributed by atoms with E-state index in [4.69, 9.17) is 11.6 Å². The van der Waals surface area contributed by atoms with Crippen LogP contribution in [0.5, 0.6) is 0 Å². The number of carbonyl (C=O) groups excluding carboxylic acids is 2. The number of hydrogen-bond acceptors (Lipinski definition) is 3. The zero-order valence-corrected chi connectivity index (χ0v) is 20.3. The van der Waals surface area contributed by atoms with Crippen LogP contribution in [-0.2, 0) is 22.6 Å². The highest BCUT2D eigenvalue weighted by atomic mass is 35.5. The third kappa shape index (κ3) is 7.95. The van der Waals surface area contributed by atoms with Gasteiger partial charge in [-0.15, -0.1) is 11.8 Å². The summed E-state index contributed by atoms with van der Waals surface area (Å²) in [4.78, 5) is 29.4. The van der Waals surface area contributed by atoms with Gasteiger partial charge in [-0.2, -0.15) is 0 Å². The third-order valence-electron chi connectivity index (χ3n) is 5.19. The van der Waals surface area contributed by atoms with Crippen molar-refractivity contribution in [3.8, 4) is 0 Å². The minimum atomic E-state index is -0.611. The van der Waals surface area contributed by atoms with E-state index in [1.807, 2.05) is 85.8 Å². The van der Waals surface area contributed by atoms with Gasteiger partial charge in [0.15, 0.2) is 0 Å². The van der Waals surface area contributed by atoms with Crippen LogP contribution in [0.25, 0.3) is 0 Å². The Morgan fingerprint density at radius 1 is 0.939 bits per heavy atom. The molecule has 0 fully saturated rings. The Labute approximate surface area is 205 Å². The molecule has 0 aliphatic heterocycles. The van der Waals surface area contributed by atoms with Crippen molar-refractivity contribution in [1.29, 1.82) is 0 Å². The van der Waals surface area contributed by atoms with Crippen LogP contribution in [-0.4, -0.2) is 35.1 Å². The van der Waals surface area contributed by atoms with Crippen LogP contribution in [0.1, 0.15) is 24.5 Å². The molecule has 3 aromatic rings. The van der Waals surface area contributed by atoms with Gasteiger partial charge in [-0.25, -0.2) is 0 Å². The second kappa shape index (κ2) is 13.1. The number of amides is 2. The lowest BCUT2D eigenvalue weighted by Crippen LogP contribution is -2.50. The summed E-state index contributed by atoms with van der Waals surface area (Å²) in [6.07, 6.45) is 0.787. The minimum Gasteiger partial charge on any atom is -0.355 e. The van der Waals surface area contributed by atoms with E-state index >= 15 is 0 Å². The van der Waals surface area contributed by atoms with Crippen LogP contribution in [0.4, 0.5) is 0 Å². The SMILES string of the molecule is CCNC(=O)[C@@H](Cc1ccccc1)N(Cc1cccc(Cl)c1)C(=O)CCSc1ccccc1. The Bertz CT molecular complexity index is 1030. The van der Waals surface area contributed by atoms with E-state index in [9.17, 15) is 9.59 Å². The fraction of sp³-hybridized carbons (Fsp3) is 0.259. The maximum absolute atomic E-state index is 13.5. The number of rotatable bonds is 11. The molecule has 172 valence electrons. The van der Waals surface area contributed by atoms with Gasteiger partial charge in [0.25, 0.3) is 0 Å². The maximum Gasteiger partial charge on any atom is 0.243 e. The van der Waals surface area contributed by atoms with Crippen molar-refractivity contribution in [2.45, 2.75) is 37.2 Å². The minimum absolute atomic E-state index is 0.0504. The second-order valence-corrected chi connectivity index (χ2v) is 9.27. The first-order valence-electron chi connectivity index (χ1n) is 11.1. The predicted molar refractivity (Wildman–Crippen MR) is 136 cm³/mol. The molecular formula is C27H29ClN2O2S. The molecule has 0 heterocycles. The van der Waals surface area contributed by atoms with E-state index in [2.05, 4.69) is 5.32 Å². The zero-order chi connectivity index (χ0) is 23.5. The predicted octanol–water partition coefficient (Wildman–Crippen LogP) is 5.60. The standard InChI is InChI=1S/C27H29ClN2O2S/c1-2-29-27(32)25(19-21-10-5-3-6-11-21)30(20-22-12-9-13-23(28)18-22)26(31)16-17-33-24-14-7-4-8-15-24/h3-15,18,25H,2,16-17,19-20H2,1H3,(H,29,32)/t25-/m1/s1. The van der Waals surface area contributed by atoms with E-state index in [-0.39, 0.29) is 11.8 Å². The van der Waals surface area contributed by atoms with Crippen molar-refractivity contribution in [3.63, 3.8) is 0 Å². The molecule has 6 heteroatoms. The van der Waals surface area contributed by atoms with Gasteiger partial charge in [0, 0.05) is 41.6 Å². The van der Waals surface area contributed by atoms with Crippen LogP contribution in [0, 0.1) is 0 Å². The molecule has 0 aliphatic carbocycles. The van der Waals surface area contributed by atoms with Crippen molar-refractivity contribution in [2.24, 2.45) is 0 Å². The van der Waals surface area contributed by atoms with E-state index in [0.717, 1.165) is 16.0 Å². The maximum atomic E-state index is 13.5. The molecule has 0 radical (unpaired) electrons.